The largest absolute Gasteiger partial charge is 0.478 e. The third-order valence-corrected chi connectivity index (χ3v) is 3.23. The van der Waals surface area contributed by atoms with E-state index in [1.807, 2.05) is 19.1 Å². The predicted molar refractivity (Wildman–Crippen MR) is 70.4 cm³/mol. The minimum atomic E-state index is -0.872. The highest BCUT2D eigenvalue weighted by molar-refractivity contribution is 5.89. The number of carbonyl (C=O) groups is 1. The van der Waals surface area contributed by atoms with Crippen molar-refractivity contribution in [2.24, 2.45) is 0 Å². The van der Waals surface area contributed by atoms with Gasteiger partial charge in [-0.2, -0.15) is 0 Å². The molecular formula is C14H19NO3. The highest BCUT2D eigenvalue weighted by atomic mass is 16.5. The molecule has 1 fully saturated rings. The van der Waals surface area contributed by atoms with Crippen LogP contribution in [-0.2, 0) is 4.74 Å². The molecule has 0 radical (unpaired) electrons. The van der Waals surface area contributed by atoms with Gasteiger partial charge in [0.2, 0.25) is 0 Å². The zero-order valence-electron chi connectivity index (χ0n) is 11.0. The summed E-state index contributed by atoms with van der Waals surface area (Å²) in [4.78, 5) is 13.2. The van der Waals surface area contributed by atoms with Crippen LogP contribution in [0.2, 0.25) is 0 Å². The first kappa shape index (κ1) is 12.9. The Morgan fingerprint density at radius 1 is 1.33 bits per heavy atom. The molecule has 2 atom stereocenters. The Labute approximate surface area is 107 Å². The number of nitrogens with zero attached hydrogens (tertiary/aromatic N) is 1. The summed E-state index contributed by atoms with van der Waals surface area (Å²) in [6.45, 7) is 7.63. The van der Waals surface area contributed by atoms with Gasteiger partial charge in [0, 0.05) is 18.8 Å². The van der Waals surface area contributed by atoms with Crippen molar-refractivity contribution in [1.29, 1.82) is 0 Å². The normalized spacial score (nSPS) is 24.1. The molecule has 1 heterocycles. The topological polar surface area (TPSA) is 49.8 Å². The van der Waals surface area contributed by atoms with E-state index < -0.39 is 5.97 Å². The third-order valence-electron chi connectivity index (χ3n) is 3.23. The van der Waals surface area contributed by atoms with Crippen molar-refractivity contribution in [3.8, 4) is 0 Å². The van der Waals surface area contributed by atoms with E-state index >= 15 is 0 Å². The number of aryl methyl sites for hydroxylation is 1. The van der Waals surface area contributed by atoms with Crippen molar-refractivity contribution in [2.75, 3.05) is 18.0 Å². The number of aromatic carboxylic acids is 1. The Bertz CT molecular complexity index is 448. The monoisotopic (exact) mass is 249 g/mol. The average molecular weight is 249 g/mol. The van der Waals surface area contributed by atoms with E-state index in [1.54, 1.807) is 6.07 Å². The molecule has 1 saturated heterocycles. The van der Waals surface area contributed by atoms with Crippen LogP contribution in [0.5, 0.6) is 0 Å². The van der Waals surface area contributed by atoms with Gasteiger partial charge in [-0.15, -0.1) is 0 Å². The molecule has 0 saturated carbocycles. The lowest BCUT2D eigenvalue weighted by Gasteiger charge is -2.37. The van der Waals surface area contributed by atoms with Crippen molar-refractivity contribution in [1.82, 2.24) is 0 Å². The number of morpholine rings is 1. The van der Waals surface area contributed by atoms with Crippen LogP contribution in [0.15, 0.2) is 18.2 Å². The minimum absolute atomic E-state index is 0.202. The molecule has 4 nitrogen and oxygen atoms in total. The molecule has 1 aromatic rings. The van der Waals surface area contributed by atoms with Crippen LogP contribution in [0.4, 0.5) is 5.69 Å². The zero-order valence-corrected chi connectivity index (χ0v) is 11.0. The predicted octanol–water partition coefficient (Wildman–Crippen LogP) is 2.31. The SMILES string of the molecule is Cc1cc(N2C[C@@H](C)O[C@@H](C)C2)ccc1C(=O)O. The Kier molecular flexibility index (Phi) is 3.57. The molecule has 1 aliphatic rings. The summed E-state index contributed by atoms with van der Waals surface area (Å²) < 4.78 is 5.69. The summed E-state index contributed by atoms with van der Waals surface area (Å²) in [6, 6.07) is 5.49. The van der Waals surface area contributed by atoms with Gasteiger partial charge >= 0.3 is 5.97 Å². The van der Waals surface area contributed by atoms with E-state index in [-0.39, 0.29) is 12.2 Å². The van der Waals surface area contributed by atoms with Gasteiger partial charge in [0.05, 0.1) is 17.8 Å². The number of benzene rings is 1. The fourth-order valence-corrected chi connectivity index (χ4v) is 2.47. The molecular weight excluding hydrogens is 230 g/mol. The van der Waals surface area contributed by atoms with Gasteiger partial charge < -0.3 is 14.7 Å². The Morgan fingerprint density at radius 2 is 1.94 bits per heavy atom. The first-order valence-corrected chi connectivity index (χ1v) is 6.21. The fourth-order valence-electron chi connectivity index (χ4n) is 2.47. The second kappa shape index (κ2) is 4.98. The van der Waals surface area contributed by atoms with Crippen molar-refractivity contribution in [3.63, 3.8) is 0 Å². The quantitative estimate of drug-likeness (QED) is 0.873. The number of ether oxygens (including phenoxy) is 1. The molecule has 0 amide bonds. The molecule has 2 rings (SSSR count). The van der Waals surface area contributed by atoms with Crippen LogP contribution in [0.25, 0.3) is 0 Å². The maximum Gasteiger partial charge on any atom is 0.335 e. The molecule has 4 heteroatoms. The van der Waals surface area contributed by atoms with Gasteiger partial charge in [-0.1, -0.05) is 0 Å². The highest BCUT2D eigenvalue weighted by Crippen LogP contribution is 2.23. The molecule has 1 N–H and O–H groups in total. The van der Waals surface area contributed by atoms with E-state index in [0.29, 0.717) is 5.56 Å². The van der Waals surface area contributed by atoms with Crippen molar-refractivity contribution in [3.05, 3.63) is 29.3 Å². The van der Waals surface area contributed by atoms with Crippen molar-refractivity contribution >= 4 is 11.7 Å². The summed E-state index contributed by atoms with van der Waals surface area (Å²) in [5.74, 6) is -0.872. The average Bonchev–Trinajstić information content (AvgIpc) is 2.26. The fraction of sp³-hybridized carbons (Fsp3) is 0.500. The van der Waals surface area contributed by atoms with Crippen LogP contribution >= 0.6 is 0 Å². The maximum absolute atomic E-state index is 11.0. The van der Waals surface area contributed by atoms with Crippen LogP contribution < -0.4 is 4.90 Å². The third kappa shape index (κ3) is 2.64. The van der Waals surface area contributed by atoms with E-state index in [4.69, 9.17) is 9.84 Å². The summed E-state index contributed by atoms with van der Waals surface area (Å²) in [5.41, 5.74) is 2.24. The molecule has 18 heavy (non-hydrogen) atoms. The standard InChI is InChI=1S/C14H19NO3/c1-9-6-12(4-5-13(9)14(16)17)15-7-10(2)18-11(3)8-15/h4-6,10-11H,7-8H2,1-3H3,(H,16,17)/t10-,11+. The molecule has 1 aromatic carbocycles. The first-order chi connectivity index (χ1) is 8.47. The zero-order chi connectivity index (χ0) is 13.3. The molecule has 0 spiro atoms. The number of hydrogen-bond donors (Lipinski definition) is 1. The molecule has 0 aliphatic carbocycles. The summed E-state index contributed by atoms with van der Waals surface area (Å²) in [7, 11) is 0. The second-order valence-electron chi connectivity index (χ2n) is 4.97. The lowest BCUT2D eigenvalue weighted by atomic mass is 10.1. The lowest BCUT2D eigenvalue weighted by molar-refractivity contribution is -0.00522. The number of carboxylic acids is 1. The van der Waals surface area contributed by atoms with Gasteiger partial charge in [0.1, 0.15) is 0 Å². The Balaban J connectivity index is 2.23. The molecule has 1 aliphatic heterocycles. The lowest BCUT2D eigenvalue weighted by Crippen LogP contribution is -2.45. The maximum atomic E-state index is 11.0. The van der Waals surface area contributed by atoms with Crippen molar-refractivity contribution in [2.45, 2.75) is 33.0 Å². The van der Waals surface area contributed by atoms with Gasteiger partial charge in [-0.25, -0.2) is 4.79 Å². The van der Waals surface area contributed by atoms with E-state index in [1.165, 1.54) is 0 Å². The van der Waals surface area contributed by atoms with Gasteiger partial charge in [-0.05, 0) is 44.5 Å². The second-order valence-corrected chi connectivity index (χ2v) is 4.97. The molecule has 0 unspecified atom stereocenters. The Hall–Kier alpha value is -1.55. The van der Waals surface area contributed by atoms with Gasteiger partial charge in [0.25, 0.3) is 0 Å². The van der Waals surface area contributed by atoms with Crippen LogP contribution in [-0.4, -0.2) is 36.4 Å². The summed E-state index contributed by atoms with van der Waals surface area (Å²) in [5, 5.41) is 9.02. The van der Waals surface area contributed by atoms with Crippen molar-refractivity contribution < 1.29 is 14.6 Å². The van der Waals surface area contributed by atoms with Gasteiger partial charge in [0.15, 0.2) is 0 Å². The Morgan fingerprint density at radius 3 is 2.44 bits per heavy atom. The number of carboxylic acid groups (broad SMARTS) is 1. The van der Waals surface area contributed by atoms with Crippen LogP contribution in [0.3, 0.4) is 0 Å². The van der Waals surface area contributed by atoms with E-state index in [0.717, 1.165) is 24.3 Å². The number of rotatable bonds is 2. The number of hydrogen-bond acceptors (Lipinski definition) is 3. The number of anilines is 1. The molecule has 0 aromatic heterocycles. The van der Waals surface area contributed by atoms with Crippen LogP contribution in [0, 0.1) is 6.92 Å². The molecule has 98 valence electrons. The highest BCUT2D eigenvalue weighted by Gasteiger charge is 2.22. The van der Waals surface area contributed by atoms with E-state index in [2.05, 4.69) is 18.7 Å². The first-order valence-electron chi connectivity index (χ1n) is 6.21. The van der Waals surface area contributed by atoms with E-state index in [9.17, 15) is 4.79 Å². The summed E-state index contributed by atoms with van der Waals surface area (Å²) in [6.07, 6.45) is 0.404. The van der Waals surface area contributed by atoms with Crippen LogP contribution in [0.1, 0.15) is 29.8 Å². The smallest absolute Gasteiger partial charge is 0.335 e. The minimum Gasteiger partial charge on any atom is -0.478 e. The molecule has 0 bridgehead atoms. The van der Waals surface area contributed by atoms with Gasteiger partial charge in [-0.3, -0.25) is 0 Å². The summed E-state index contributed by atoms with van der Waals surface area (Å²) >= 11 is 0.